The second-order valence-electron chi connectivity index (χ2n) is 7.56. The van der Waals surface area contributed by atoms with Crippen LogP contribution >= 0.6 is 0 Å². The number of hydrogen-bond donors (Lipinski definition) is 1. The van der Waals surface area contributed by atoms with E-state index in [0.29, 0.717) is 17.3 Å². The Kier molecular flexibility index (Phi) is 3.54. The fourth-order valence-corrected chi connectivity index (χ4v) is 2.58. The van der Waals surface area contributed by atoms with Crippen LogP contribution in [0.25, 0.3) is 0 Å². The molecule has 1 saturated carbocycles. The molecule has 106 valence electrons. The van der Waals surface area contributed by atoms with Crippen LogP contribution in [-0.2, 0) is 5.41 Å². The highest BCUT2D eigenvalue weighted by Gasteiger charge is 2.30. The molecule has 1 aromatic rings. The third-order valence-corrected chi connectivity index (χ3v) is 4.05. The number of nitrogens with zero attached hydrogens (tertiary/aromatic N) is 3. The van der Waals surface area contributed by atoms with E-state index in [0.717, 1.165) is 24.5 Å². The van der Waals surface area contributed by atoms with Crippen LogP contribution in [0.15, 0.2) is 0 Å². The molecular formula is C15H26N4. The molecule has 0 spiro atoms. The van der Waals surface area contributed by atoms with Crippen molar-refractivity contribution in [3.63, 3.8) is 0 Å². The van der Waals surface area contributed by atoms with E-state index in [1.54, 1.807) is 0 Å². The van der Waals surface area contributed by atoms with Crippen LogP contribution in [0.1, 0.15) is 77.9 Å². The van der Waals surface area contributed by atoms with Gasteiger partial charge in [0.25, 0.3) is 0 Å². The maximum atomic E-state index is 5.85. The van der Waals surface area contributed by atoms with E-state index in [9.17, 15) is 0 Å². The molecule has 19 heavy (non-hydrogen) atoms. The van der Waals surface area contributed by atoms with E-state index < -0.39 is 0 Å². The molecule has 1 heterocycles. The highest BCUT2D eigenvalue weighted by atomic mass is 15.1. The van der Waals surface area contributed by atoms with Gasteiger partial charge in [0.15, 0.2) is 0 Å². The van der Waals surface area contributed by atoms with Gasteiger partial charge in [0, 0.05) is 11.3 Å². The molecule has 1 aliphatic carbocycles. The summed E-state index contributed by atoms with van der Waals surface area (Å²) in [5, 5.41) is 0. The van der Waals surface area contributed by atoms with Crippen molar-refractivity contribution in [3.8, 4) is 0 Å². The highest BCUT2D eigenvalue weighted by molar-refractivity contribution is 5.20. The van der Waals surface area contributed by atoms with Crippen LogP contribution in [0.4, 0.5) is 5.95 Å². The van der Waals surface area contributed by atoms with E-state index >= 15 is 0 Å². The molecule has 0 atom stereocenters. The summed E-state index contributed by atoms with van der Waals surface area (Å²) in [6, 6.07) is 0. The van der Waals surface area contributed by atoms with E-state index in [4.69, 9.17) is 5.73 Å². The van der Waals surface area contributed by atoms with Crippen LogP contribution in [-0.4, -0.2) is 15.0 Å². The summed E-state index contributed by atoms with van der Waals surface area (Å²) in [6.07, 6.45) is 4.77. The van der Waals surface area contributed by atoms with Crippen molar-refractivity contribution >= 4 is 5.95 Å². The van der Waals surface area contributed by atoms with Gasteiger partial charge in [0.05, 0.1) is 0 Å². The van der Waals surface area contributed by atoms with Crippen molar-refractivity contribution in [3.05, 3.63) is 11.6 Å². The molecule has 0 amide bonds. The van der Waals surface area contributed by atoms with Gasteiger partial charge in [-0.25, -0.2) is 4.98 Å². The molecule has 4 heteroatoms. The fraction of sp³-hybridized carbons (Fsp3) is 0.800. The van der Waals surface area contributed by atoms with Crippen LogP contribution < -0.4 is 5.73 Å². The zero-order valence-electron chi connectivity index (χ0n) is 12.8. The molecule has 2 rings (SSSR count). The molecule has 4 nitrogen and oxygen atoms in total. The van der Waals surface area contributed by atoms with E-state index in [2.05, 4.69) is 49.6 Å². The Morgan fingerprint density at radius 1 is 1.05 bits per heavy atom. The minimum atomic E-state index is -0.0836. The summed E-state index contributed by atoms with van der Waals surface area (Å²) in [7, 11) is 0. The van der Waals surface area contributed by atoms with E-state index in [1.807, 2.05) is 0 Å². The summed E-state index contributed by atoms with van der Waals surface area (Å²) in [4.78, 5) is 13.3. The molecule has 1 aromatic heterocycles. The SMILES string of the molecule is CC1(C)CCC(c2nc(N)nc(C(C)(C)C)n2)CC1. The Bertz CT molecular complexity index is 450. The topological polar surface area (TPSA) is 64.7 Å². The van der Waals surface area contributed by atoms with Gasteiger partial charge in [-0.3, -0.25) is 0 Å². The first-order valence-electron chi connectivity index (χ1n) is 7.19. The molecular weight excluding hydrogens is 236 g/mol. The van der Waals surface area contributed by atoms with Crippen molar-refractivity contribution < 1.29 is 0 Å². The Labute approximate surface area is 116 Å². The lowest BCUT2D eigenvalue weighted by molar-refractivity contribution is 0.220. The van der Waals surface area contributed by atoms with E-state index in [1.165, 1.54) is 12.8 Å². The molecule has 0 saturated heterocycles. The summed E-state index contributed by atoms with van der Waals surface area (Å²) < 4.78 is 0. The number of rotatable bonds is 1. The number of nitrogens with two attached hydrogens (primary N) is 1. The fourth-order valence-electron chi connectivity index (χ4n) is 2.58. The zero-order valence-corrected chi connectivity index (χ0v) is 12.8. The Morgan fingerprint density at radius 3 is 2.16 bits per heavy atom. The molecule has 1 aliphatic rings. The summed E-state index contributed by atoms with van der Waals surface area (Å²) >= 11 is 0. The molecule has 0 aromatic carbocycles. The predicted molar refractivity (Wildman–Crippen MR) is 77.9 cm³/mol. The van der Waals surface area contributed by atoms with Gasteiger partial charge < -0.3 is 5.73 Å². The highest BCUT2D eigenvalue weighted by Crippen LogP contribution is 2.41. The smallest absolute Gasteiger partial charge is 0.223 e. The van der Waals surface area contributed by atoms with Crippen LogP contribution in [0.3, 0.4) is 0 Å². The maximum Gasteiger partial charge on any atom is 0.223 e. The van der Waals surface area contributed by atoms with E-state index in [-0.39, 0.29) is 5.41 Å². The Balaban J connectivity index is 2.24. The van der Waals surface area contributed by atoms with Gasteiger partial charge in [-0.2, -0.15) is 9.97 Å². The molecule has 0 radical (unpaired) electrons. The third kappa shape index (κ3) is 3.43. The average Bonchev–Trinajstić information content (AvgIpc) is 2.26. The number of hydrogen-bond acceptors (Lipinski definition) is 4. The molecule has 0 unspecified atom stereocenters. The van der Waals surface area contributed by atoms with Gasteiger partial charge in [-0.1, -0.05) is 34.6 Å². The van der Waals surface area contributed by atoms with Crippen LogP contribution in [0, 0.1) is 5.41 Å². The van der Waals surface area contributed by atoms with Crippen molar-refractivity contribution in [2.24, 2.45) is 5.41 Å². The van der Waals surface area contributed by atoms with Crippen molar-refractivity contribution in [1.29, 1.82) is 0 Å². The third-order valence-electron chi connectivity index (χ3n) is 4.05. The largest absolute Gasteiger partial charge is 0.368 e. The lowest BCUT2D eigenvalue weighted by Gasteiger charge is -2.33. The van der Waals surface area contributed by atoms with Gasteiger partial charge in [0.2, 0.25) is 5.95 Å². The first-order valence-corrected chi connectivity index (χ1v) is 7.19. The average molecular weight is 262 g/mol. The minimum absolute atomic E-state index is 0.0836. The first-order chi connectivity index (χ1) is 8.67. The van der Waals surface area contributed by atoms with Crippen molar-refractivity contribution in [2.45, 2.75) is 71.6 Å². The van der Waals surface area contributed by atoms with Crippen LogP contribution in [0.2, 0.25) is 0 Å². The van der Waals surface area contributed by atoms with Crippen LogP contribution in [0.5, 0.6) is 0 Å². The second-order valence-corrected chi connectivity index (χ2v) is 7.56. The Hall–Kier alpha value is -1.19. The minimum Gasteiger partial charge on any atom is -0.368 e. The van der Waals surface area contributed by atoms with Crippen molar-refractivity contribution in [2.75, 3.05) is 5.73 Å². The summed E-state index contributed by atoms with van der Waals surface area (Å²) in [5.74, 6) is 2.51. The van der Waals surface area contributed by atoms with Gasteiger partial charge >= 0.3 is 0 Å². The second kappa shape index (κ2) is 4.73. The normalized spacial score (nSPS) is 20.5. The van der Waals surface area contributed by atoms with Crippen molar-refractivity contribution in [1.82, 2.24) is 15.0 Å². The summed E-state index contributed by atoms with van der Waals surface area (Å²) in [6.45, 7) is 11.0. The first kappa shape index (κ1) is 14.2. The number of nitrogen functional groups attached to an aromatic ring is 1. The lowest BCUT2D eigenvalue weighted by atomic mass is 9.73. The zero-order chi connectivity index (χ0) is 14.3. The Morgan fingerprint density at radius 2 is 1.63 bits per heavy atom. The summed E-state index contributed by atoms with van der Waals surface area (Å²) in [5.41, 5.74) is 6.23. The molecule has 0 aliphatic heterocycles. The quantitative estimate of drug-likeness (QED) is 0.842. The molecule has 2 N–H and O–H groups in total. The number of aromatic nitrogens is 3. The standard InChI is InChI=1S/C15H26N4/c1-14(2,3)12-17-11(18-13(16)19-12)10-6-8-15(4,5)9-7-10/h10H,6-9H2,1-5H3,(H2,16,17,18,19). The molecule has 0 bridgehead atoms. The van der Waals surface area contributed by atoms with Gasteiger partial charge in [-0.15, -0.1) is 0 Å². The van der Waals surface area contributed by atoms with Gasteiger partial charge in [-0.05, 0) is 31.1 Å². The van der Waals surface area contributed by atoms with Gasteiger partial charge in [0.1, 0.15) is 11.6 Å². The number of anilines is 1. The monoisotopic (exact) mass is 262 g/mol. The molecule has 1 fully saturated rings. The maximum absolute atomic E-state index is 5.85. The predicted octanol–water partition coefficient (Wildman–Crippen LogP) is 3.44. The lowest BCUT2D eigenvalue weighted by Crippen LogP contribution is -2.24.